The van der Waals surface area contributed by atoms with Crippen LogP contribution < -0.4 is 0 Å². The fourth-order valence-electron chi connectivity index (χ4n) is 3.22. The molecular weight excluding hydrogens is 290 g/mol. The second kappa shape index (κ2) is 6.99. The molecule has 0 spiro atoms. The van der Waals surface area contributed by atoms with Crippen LogP contribution in [0.5, 0.6) is 0 Å². The van der Waals surface area contributed by atoms with Gasteiger partial charge in [0.2, 0.25) is 5.91 Å². The summed E-state index contributed by atoms with van der Waals surface area (Å²) < 4.78 is 5.16. The molecule has 1 heterocycles. The molecule has 1 saturated heterocycles. The number of carbonyl (C=O) groups excluding carboxylic acids is 2. The van der Waals surface area contributed by atoms with E-state index in [1.807, 2.05) is 30.3 Å². The molecule has 3 rings (SSSR count). The van der Waals surface area contributed by atoms with Crippen LogP contribution in [0.1, 0.15) is 31.2 Å². The normalized spacial score (nSPS) is 21.8. The summed E-state index contributed by atoms with van der Waals surface area (Å²) in [6.07, 6.45) is 5.78. The molecular formula is C19H23NO3. The van der Waals surface area contributed by atoms with Crippen molar-refractivity contribution in [1.82, 2.24) is 4.90 Å². The number of hydrogen-bond acceptors (Lipinski definition) is 3. The summed E-state index contributed by atoms with van der Waals surface area (Å²) >= 11 is 0. The van der Waals surface area contributed by atoms with Crippen LogP contribution in [0.3, 0.4) is 0 Å². The summed E-state index contributed by atoms with van der Waals surface area (Å²) in [6.45, 7) is 4.04. The minimum Gasteiger partial charge on any atom is -0.447 e. The lowest BCUT2D eigenvalue weighted by atomic mass is 9.95. The van der Waals surface area contributed by atoms with Crippen LogP contribution >= 0.6 is 0 Å². The molecule has 0 N–H and O–H groups in total. The van der Waals surface area contributed by atoms with Crippen LogP contribution in [0.15, 0.2) is 43.0 Å². The molecule has 122 valence electrons. The first-order valence-electron chi connectivity index (χ1n) is 8.33. The lowest BCUT2D eigenvalue weighted by Crippen LogP contribution is -2.43. The van der Waals surface area contributed by atoms with Gasteiger partial charge in [0.05, 0.1) is 6.04 Å². The average molecular weight is 313 g/mol. The van der Waals surface area contributed by atoms with Crippen LogP contribution in [0.2, 0.25) is 0 Å². The number of hydrogen-bond donors (Lipinski definition) is 0. The highest BCUT2D eigenvalue weighted by molar-refractivity contribution is 5.95. The Morgan fingerprint density at radius 2 is 2.09 bits per heavy atom. The van der Waals surface area contributed by atoms with E-state index in [4.69, 9.17) is 4.74 Å². The van der Waals surface area contributed by atoms with Gasteiger partial charge < -0.3 is 4.74 Å². The van der Waals surface area contributed by atoms with Gasteiger partial charge >= 0.3 is 6.09 Å². The van der Waals surface area contributed by atoms with E-state index in [-0.39, 0.29) is 24.5 Å². The van der Waals surface area contributed by atoms with Gasteiger partial charge in [-0.15, -0.1) is 6.58 Å². The zero-order valence-corrected chi connectivity index (χ0v) is 13.3. The first-order chi connectivity index (χ1) is 11.2. The minimum atomic E-state index is -0.499. The molecule has 2 amide bonds. The number of ether oxygens (including phenoxy) is 1. The van der Waals surface area contributed by atoms with E-state index in [1.54, 1.807) is 6.08 Å². The number of amides is 2. The van der Waals surface area contributed by atoms with Gasteiger partial charge in [0.15, 0.2) is 0 Å². The number of cyclic esters (lactones) is 1. The topological polar surface area (TPSA) is 46.6 Å². The Hall–Kier alpha value is -2.10. The highest BCUT2D eigenvalue weighted by Gasteiger charge is 2.41. The zero-order valence-electron chi connectivity index (χ0n) is 13.3. The molecule has 4 heteroatoms. The number of carbonyl (C=O) groups is 2. The maximum absolute atomic E-state index is 12.9. The Bertz CT molecular complexity index is 580. The quantitative estimate of drug-likeness (QED) is 0.723. The molecule has 1 aromatic rings. The fraction of sp³-hybridized carbons (Fsp3) is 0.474. The molecule has 4 nitrogen and oxygen atoms in total. The highest BCUT2D eigenvalue weighted by atomic mass is 16.6. The van der Waals surface area contributed by atoms with Crippen molar-refractivity contribution >= 4 is 12.0 Å². The van der Waals surface area contributed by atoms with Crippen molar-refractivity contribution in [3.8, 4) is 0 Å². The van der Waals surface area contributed by atoms with Gasteiger partial charge in [-0.1, -0.05) is 49.2 Å². The van der Waals surface area contributed by atoms with Crippen LogP contribution in [0.4, 0.5) is 4.79 Å². The van der Waals surface area contributed by atoms with Crippen molar-refractivity contribution < 1.29 is 14.3 Å². The molecule has 0 radical (unpaired) electrons. The van der Waals surface area contributed by atoms with E-state index in [2.05, 4.69) is 6.58 Å². The lowest BCUT2D eigenvalue weighted by Gasteiger charge is -2.24. The van der Waals surface area contributed by atoms with Gasteiger partial charge in [-0.2, -0.15) is 0 Å². The zero-order chi connectivity index (χ0) is 16.2. The molecule has 0 unspecified atom stereocenters. The van der Waals surface area contributed by atoms with Crippen molar-refractivity contribution in [3.05, 3.63) is 48.6 Å². The summed E-state index contributed by atoms with van der Waals surface area (Å²) in [4.78, 5) is 26.3. The third kappa shape index (κ3) is 3.81. The summed E-state index contributed by atoms with van der Waals surface area (Å²) in [5, 5.41) is 0. The number of imide groups is 1. The molecule has 0 bridgehead atoms. The van der Waals surface area contributed by atoms with Gasteiger partial charge in [0, 0.05) is 5.92 Å². The average Bonchev–Trinajstić information content (AvgIpc) is 3.30. The Morgan fingerprint density at radius 1 is 1.35 bits per heavy atom. The Kier molecular flexibility index (Phi) is 4.79. The largest absolute Gasteiger partial charge is 0.447 e. The van der Waals surface area contributed by atoms with Crippen LogP contribution in [0, 0.1) is 11.8 Å². The third-order valence-corrected chi connectivity index (χ3v) is 4.63. The van der Waals surface area contributed by atoms with Gasteiger partial charge in [0.25, 0.3) is 0 Å². The molecule has 23 heavy (non-hydrogen) atoms. The van der Waals surface area contributed by atoms with Crippen LogP contribution in [0.25, 0.3) is 0 Å². The SMILES string of the molecule is C=CC[C@@H](CC1CC1)C(=O)N1C(=O)OC[C@@H]1Cc1ccccc1. The van der Waals surface area contributed by atoms with Crippen molar-refractivity contribution in [2.75, 3.05) is 6.61 Å². The maximum Gasteiger partial charge on any atom is 0.416 e. The van der Waals surface area contributed by atoms with Gasteiger partial charge in [0.1, 0.15) is 6.61 Å². The van der Waals surface area contributed by atoms with Gasteiger partial charge in [-0.3, -0.25) is 4.79 Å². The summed E-state index contributed by atoms with van der Waals surface area (Å²) in [6, 6.07) is 9.70. The Labute approximate surface area is 137 Å². The van der Waals surface area contributed by atoms with E-state index < -0.39 is 6.09 Å². The molecule has 1 aliphatic heterocycles. The number of nitrogens with zero attached hydrogens (tertiary/aromatic N) is 1. The van der Waals surface area contributed by atoms with E-state index >= 15 is 0 Å². The monoisotopic (exact) mass is 313 g/mol. The van der Waals surface area contributed by atoms with E-state index in [0.29, 0.717) is 18.8 Å². The summed E-state index contributed by atoms with van der Waals surface area (Å²) in [5.74, 6) is 0.388. The standard InChI is InChI=1S/C19H23NO3/c1-2-6-16(11-15-9-10-15)18(21)20-17(13-23-19(20)22)12-14-7-4-3-5-8-14/h2-5,7-8,15-17H,1,6,9-13H2/t16-,17-/m0/s1. The first-order valence-corrected chi connectivity index (χ1v) is 8.33. The minimum absolute atomic E-state index is 0.0970. The van der Waals surface area contributed by atoms with Crippen molar-refractivity contribution in [2.24, 2.45) is 11.8 Å². The molecule has 1 aliphatic carbocycles. The molecule has 1 aromatic carbocycles. The van der Waals surface area contributed by atoms with Crippen molar-refractivity contribution in [1.29, 1.82) is 0 Å². The molecule has 2 aliphatic rings. The van der Waals surface area contributed by atoms with Crippen LogP contribution in [-0.4, -0.2) is 29.5 Å². The smallest absolute Gasteiger partial charge is 0.416 e. The van der Waals surface area contributed by atoms with Crippen molar-refractivity contribution in [2.45, 2.75) is 38.1 Å². The lowest BCUT2D eigenvalue weighted by molar-refractivity contribution is -0.133. The maximum atomic E-state index is 12.9. The van der Waals surface area contributed by atoms with Crippen LogP contribution in [-0.2, 0) is 16.0 Å². The molecule has 2 atom stereocenters. The second-order valence-corrected chi connectivity index (χ2v) is 6.53. The van der Waals surface area contributed by atoms with E-state index in [9.17, 15) is 9.59 Å². The fourth-order valence-corrected chi connectivity index (χ4v) is 3.22. The van der Waals surface area contributed by atoms with Gasteiger partial charge in [-0.25, -0.2) is 9.69 Å². The van der Waals surface area contributed by atoms with E-state index in [1.165, 1.54) is 17.7 Å². The van der Waals surface area contributed by atoms with Gasteiger partial charge in [-0.05, 0) is 30.7 Å². The number of rotatable bonds is 7. The predicted octanol–water partition coefficient (Wildman–Crippen LogP) is 3.57. The molecule has 1 saturated carbocycles. The second-order valence-electron chi connectivity index (χ2n) is 6.53. The Balaban J connectivity index is 1.72. The predicted molar refractivity (Wildman–Crippen MR) is 87.8 cm³/mol. The highest BCUT2D eigenvalue weighted by Crippen LogP contribution is 2.37. The molecule has 0 aromatic heterocycles. The van der Waals surface area contributed by atoms with Crippen molar-refractivity contribution in [3.63, 3.8) is 0 Å². The first kappa shape index (κ1) is 15.8. The van der Waals surface area contributed by atoms with E-state index in [0.717, 1.165) is 12.0 Å². The third-order valence-electron chi connectivity index (χ3n) is 4.63. The summed E-state index contributed by atoms with van der Waals surface area (Å²) in [5.41, 5.74) is 1.11. The summed E-state index contributed by atoms with van der Waals surface area (Å²) in [7, 11) is 0. The Morgan fingerprint density at radius 3 is 2.74 bits per heavy atom. The molecule has 2 fully saturated rings. The number of allylic oxidation sites excluding steroid dienone is 1. The number of benzene rings is 1.